The number of amides is 1. The first kappa shape index (κ1) is 15.4. The van der Waals surface area contributed by atoms with Crippen LogP contribution in [0.2, 0.25) is 5.15 Å². The maximum atomic E-state index is 11.8. The highest BCUT2D eigenvalue weighted by Crippen LogP contribution is 2.10. The number of ether oxygens (including phenoxy) is 1. The minimum Gasteiger partial charge on any atom is -0.466 e. The summed E-state index contributed by atoms with van der Waals surface area (Å²) in [6, 6.07) is 3.17. The third-order valence-corrected chi connectivity index (χ3v) is 2.53. The number of nitrogens with one attached hydrogen (secondary N) is 1. The minimum atomic E-state index is -0.250. The number of aromatic nitrogens is 1. The number of hydrogen-bond acceptors (Lipinski definition) is 4. The molecule has 1 rings (SSSR count). The Morgan fingerprint density at radius 1 is 1.42 bits per heavy atom. The second-order valence-corrected chi connectivity index (χ2v) is 4.37. The largest absolute Gasteiger partial charge is 0.466 e. The standard InChI is InChI=1S/C13H17ClN2O3/c1-3-19-12(17)5-4-6-15-13(18)10-7-9(2)16-11(14)8-10/h7-8H,3-6H2,1-2H3,(H,15,18). The number of rotatable bonds is 6. The van der Waals surface area contributed by atoms with Crippen molar-refractivity contribution in [2.24, 2.45) is 0 Å². The van der Waals surface area contributed by atoms with Crippen molar-refractivity contribution in [1.29, 1.82) is 0 Å². The van der Waals surface area contributed by atoms with E-state index in [1.165, 1.54) is 6.07 Å². The molecule has 0 aliphatic rings. The number of aryl methyl sites for hydroxylation is 1. The van der Waals surface area contributed by atoms with Gasteiger partial charge in [0.25, 0.3) is 5.91 Å². The van der Waals surface area contributed by atoms with Gasteiger partial charge >= 0.3 is 5.97 Å². The van der Waals surface area contributed by atoms with Crippen molar-refractivity contribution in [2.75, 3.05) is 13.2 Å². The van der Waals surface area contributed by atoms with Crippen molar-refractivity contribution >= 4 is 23.5 Å². The molecule has 1 aromatic rings. The molecule has 0 atom stereocenters. The highest BCUT2D eigenvalue weighted by atomic mass is 35.5. The second-order valence-electron chi connectivity index (χ2n) is 3.98. The molecule has 0 aliphatic heterocycles. The lowest BCUT2D eigenvalue weighted by atomic mass is 10.2. The molecule has 0 radical (unpaired) electrons. The summed E-state index contributed by atoms with van der Waals surface area (Å²) in [7, 11) is 0. The zero-order chi connectivity index (χ0) is 14.3. The number of hydrogen-bond donors (Lipinski definition) is 1. The van der Waals surface area contributed by atoms with Crippen molar-refractivity contribution in [3.05, 3.63) is 28.5 Å². The van der Waals surface area contributed by atoms with Crippen molar-refractivity contribution in [3.63, 3.8) is 0 Å². The van der Waals surface area contributed by atoms with E-state index < -0.39 is 0 Å². The maximum Gasteiger partial charge on any atom is 0.305 e. The number of pyridine rings is 1. The summed E-state index contributed by atoms with van der Waals surface area (Å²) in [6.07, 6.45) is 0.840. The molecule has 6 heteroatoms. The van der Waals surface area contributed by atoms with Crippen molar-refractivity contribution in [2.45, 2.75) is 26.7 Å². The fourth-order valence-corrected chi connectivity index (χ4v) is 1.78. The highest BCUT2D eigenvalue weighted by molar-refractivity contribution is 6.29. The molecule has 0 saturated carbocycles. The van der Waals surface area contributed by atoms with Crippen LogP contribution in [0.4, 0.5) is 0 Å². The first-order valence-corrected chi connectivity index (χ1v) is 6.48. The van der Waals surface area contributed by atoms with Gasteiger partial charge in [-0.2, -0.15) is 0 Å². The van der Waals surface area contributed by atoms with Gasteiger partial charge in [-0.05, 0) is 32.4 Å². The predicted molar refractivity (Wildman–Crippen MR) is 72.2 cm³/mol. The molecule has 1 heterocycles. The van der Waals surface area contributed by atoms with Gasteiger partial charge in [-0.1, -0.05) is 11.6 Å². The van der Waals surface area contributed by atoms with Gasteiger partial charge in [-0.3, -0.25) is 9.59 Å². The van der Waals surface area contributed by atoms with E-state index in [2.05, 4.69) is 10.3 Å². The van der Waals surface area contributed by atoms with Crippen LogP contribution in [0, 0.1) is 6.92 Å². The molecule has 0 bridgehead atoms. The van der Waals surface area contributed by atoms with Crippen LogP contribution in [0.1, 0.15) is 35.8 Å². The quantitative estimate of drug-likeness (QED) is 0.493. The second kappa shape index (κ2) is 7.74. The third-order valence-electron chi connectivity index (χ3n) is 2.33. The van der Waals surface area contributed by atoms with Crippen LogP contribution in [0.25, 0.3) is 0 Å². The summed E-state index contributed by atoms with van der Waals surface area (Å²) in [6.45, 7) is 4.31. The predicted octanol–water partition coefficient (Wildman–Crippen LogP) is 2.12. The minimum absolute atomic E-state index is 0.226. The number of carbonyl (C=O) groups excluding carboxylic acids is 2. The van der Waals surface area contributed by atoms with Gasteiger partial charge in [0, 0.05) is 24.2 Å². The Balaban J connectivity index is 2.37. The van der Waals surface area contributed by atoms with E-state index >= 15 is 0 Å². The smallest absolute Gasteiger partial charge is 0.305 e. The zero-order valence-corrected chi connectivity index (χ0v) is 11.8. The number of halogens is 1. The lowest BCUT2D eigenvalue weighted by molar-refractivity contribution is -0.143. The van der Waals surface area contributed by atoms with E-state index in [1.807, 2.05) is 0 Å². The Hall–Kier alpha value is -1.62. The molecular weight excluding hydrogens is 268 g/mol. The monoisotopic (exact) mass is 284 g/mol. The molecule has 19 heavy (non-hydrogen) atoms. The van der Waals surface area contributed by atoms with E-state index in [4.69, 9.17) is 16.3 Å². The Morgan fingerprint density at radius 3 is 2.79 bits per heavy atom. The topological polar surface area (TPSA) is 68.3 Å². The lowest BCUT2D eigenvalue weighted by Crippen LogP contribution is -2.25. The first-order valence-electron chi connectivity index (χ1n) is 6.11. The average Bonchev–Trinajstić information content (AvgIpc) is 2.33. The Labute approximate surface area is 117 Å². The first-order chi connectivity index (χ1) is 9.02. The summed E-state index contributed by atoms with van der Waals surface area (Å²) >= 11 is 5.78. The van der Waals surface area contributed by atoms with Gasteiger partial charge in [0.1, 0.15) is 5.15 Å². The molecule has 0 fully saturated rings. The number of nitrogens with zero attached hydrogens (tertiary/aromatic N) is 1. The Bertz CT molecular complexity index is 443. The lowest BCUT2D eigenvalue weighted by Gasteiger charge is -2.06. The Morgan fingerprint density at radius 2 is 2.16 bits per heavy atom. The van der Waals surface area contributed by atoms with E-state index in [9.17, 15) is 9.59 Å². The SMILES string of the molecule is CCOC(=O)CCCNC(=O)c1cc(C)nc(Cl)c1. The van der Waals surface area contributed by atoms with Gasteiger partial charge in [0.05, 0.1) is 6.61 Å². The van der Waals surface area contributed by atoms with Crippen LogP contribution >= 0.6 is 11.6 Å². The third kappa shape index (κ3) is 5.70. The van der Waals surface area contributed by atoms with Gasteiger partial charge < -0.3 is 10.1 Å². The summed E-state index contributed by atoms with van der Waals surface area (Å²) in [5, 5.41) is 3.01. The van der Waals surface area contributed by atoms with Crippen LogP contribution < -0.4 is 5.32 Å². The molecule has 0 saturated heterocycles. The molecule has 1 aromatic heterocycles. The van der Waals surface area contributed by atoms with E-state index in [0.717, 1.165) is 0 Å². The number of esters is 1. The van der Waals surface area contributed by atoms with E-state index in [-0.39, 0.29) is 17.0 Å². The van der Waals surface area contributed by atoms with Crippen LogP contribution in [0.5, 0.6) is 0 Å². The molecule has 0 aliphatic carbocycles. The fraction of sp³-hybridized carbons (Fsp3) is 0.462. The van der Waals surface area contributed by atoms with Crippen molar-refractivity contribution in [3.8, 4) is 0 Å². The molecule has 0 aromatic carbocycles. The van der Waals surface area contributed by atoms with Crippen LogP contribution in [0.15, 0.2) is 12.1 Å². The van der Waals surface area contributed by atoms with Crippen molar-refractivity contribution < 1.29 is 14.3 Å². The summed E-state index contributed by atoms with van der Waals surface area (Å²) in [5.41, 5.74) is 1.15. The molecule has 5 nitrogen and oxygen atoms in total. The molecule has 104 valence electrons. The molecular formula is C13H17ClN2O3. The summed E-state index contributed by atoms with van der Waals surface area (Å²) < 4.78 is 4.79. The van der Waals surface area contributed by atoms with E-state index in [0.29, 0.717) is 37.3 Å². The fourth-order valence-electron chi connectivity index (χ4n) is 1.53. The van der Waals surface area contributed by atoms with Crippen LogP contribution in [-0.2, 0) is 9.53 Å². The summed E-state index contributed by atoms with van der Waals surface area (Å²) in [5.74, 6) is -0.476. The van der Waals surface area contributed by atoms with Gasteiger partial charge in [0.15, 0.2) is 0 Å². The highest BCUT2D eigenvalue weighted by Gasteiger charge is 2.08. The van der Waals surface area contributed by atoms with Gasteiger partial charge in [0.2, 0.25) is 0 Å². The van der Waals surface area contributed by atoms with Gasteiger partial charge in [-0.25, -0.2) is 4.98 Å². The molecule has 1 N–H and O–H groups in total. The molecule has 1 amide bonds. The van der Waals surface area contributed by atoms with Gasteiger partial charge in [-0.15, -0.1) is 0 Å². The zero-order valence-electron chi connectivity index (χ0n) is 11.0. The van der Waals surface area contributed by atoms with Crippen molar-refractivity contribution in [1.82, 2.24) is 10.3 Å². The molecule has 0 spiro atoms. The van der Waals surface area contributed by atoms with E-state index in [1.54, 1.807) is 19.9 Å². The normalized spacial score (nSPS) is 10.1. The maximum absolute atomic E-state index is 11.8. The summed E-state index contributed by atoms with van der Waals surface area (Å²) in [4.78, 5) is 26.9. The number of carbonyl (C=O) groups is 2. The van der Waals surface area contributed by atoms with Crippen LogP contribution in [-0.4, -0.2) is 30.0 Å². The molecule has 0 unspecified atom stereocenters. The van der Waals surface area contributed by atoms with Crippen LogP contribution in [0.3, 0.4) is 0 Å². The Kier molecular flexibility index (Phi) is 6.29. The average molecular weight is 285 g/mol.